The molecule has 0 spiro atoms. The molecule has 7 heteroatoms. The molecule has 0 radical (unpaired) electrons. The van der Waals surface area contributed by atoms with E-state index in [0.717, 1.165) is 30.6 Å². The van der Waals surface area contributed by atoms with Gasteiger partial charge in [0.25, 0.3) is 0 Å². The molecule has 0 saturated carbocycles. The van der Waals surface area contributed by atoms with E-state index in [-0.39, 0.29) is 17.2 Å². The van der Waals surface area contributed by atoms with Crippen LogP contribution in [0.3, 0.4) is 0 Å². The maximum Gasteiger partial charge on any atom is 0.356 e. The van der Waals surface area contributed by atoms with E-state index in [2.05, 4.69) is 15.3 Å². The molecule has 1 aromatic heterocycles. The maximum atomic E-state index is 12.9. The predicted octanol–water partition coefficient (Wildman–Crippen LogP) is 2.20. The second kappa shape index (κ2) is 4.74. The smallest absolute Gasteiger partial charge is 0.356 e. The highest BCUT2D eigenvalue weighted by Crippen LogP contribution is 2.16. The second-order valence-corrected chi connectivity index (χ2v) is 3.38. The number of hydrogen-bond acceptors (Lipinski definition) is 4. The first-order valence-corrected chi connectivity index (χ1v) is 4.83. The number of aromatic nitrogens is 2. The van der Waals surface area contributed by atoms with Crippen molar-refractivity contribution in [2.75, 3.05) is 5.32 Å². The van der Waals surface area contributed by atoms with Crippen molar-refractivity contribution in [3.63, 3.8) is 0 Å². The van der Waals surface area contributed by atoms with Crippen molar-refractivity contribution in [3.05, 3.63) is 47.9 Å². The lowest BCUT2D eigenvalue weighted by atomic mass is 10.3. The number of benzene rings is 1. The van der Waals surface area contributed by atoms with Crippen LogP contribution in [0.4, 0.5) is 20.3 Å². The highest BCUT2D eigenvalue weighted by molar-refractivity contribution is 5.85. The average Bonchev–Trinajstić information content (AvgIpc) is 2.28. The van der Waals surface area contributed by atoms with E-state index in [4.69, 9.17) is 5.11 Å². The van der Waals surface area contributed by atoms with Gasteiger partial charge >= 0.3 is 5.97 Å². The largest absolute Gasteiger partial charge is 0.476 e. The highest BCUT2D eigenvalue weighted by atomic mass is 19.1. The number of aromatic carboxylic acids is 1. The summed E-state index contributed by atoms with van der Waals surface area (Å²) in [7, 11) is 0. The van der Waals surface area contributed by atoms with Crippen LogP contribution >= 0.6 is 0 Å². The van der Waals surface area contributed by atoms with Crippen LogP contribution in [0.5, 0.6) is 0 Å². The summed E-state index contributed by atoms with van der Waals surface area (Å²) >= 11 is 0. The lowest BCUT2D eigenvalue weighted by Crippen LogP contribution is -2.03. The summed E-state index contributed by atoms with van der Waals surface area (Å²) < 4.78 is 25.8. The van der Waals surface area contributed by atoms with Gasteiger partial charge in [0.1, 0.15) is 17.5 Å². The normalized spacial score (nSPS) is 10.1. The molecule has 0 unspecified atom stereocenters. The second-order valence-electron chi connectivity index (χ2n) is 3.38. The number of halogens is 2. The zero-order valence-electron chi connectivity index (χ0n) is 8.89. The summed E-state index contributed by atoms with van der Waals surface area (Å²) in [6.07, 6.45) is 2.20. The summed E-state index contributed by atoms with van der Waals surface area (Å²) in [5, 5.41) is 11.2. The van der Waals surface area contributed by atoms with Crippen molar-refractivity contribution >= 4 is 17.5 Å². The molecule has 0 saturated heterocycles. The van der Waals surface area contributed by atoms with Crippen LogP contribution in [0.25, 0.3) is 0 Å². The number of nitrogens with one attached hydrogen (secondary N) is 1. The third-order valence-corrected chi connectivity index (χ3v) is 2.01. The van der Waals surface area contributed by atoms with Gasteiger partial charge in [0, 0.05) is 11.8 Å². The Kier molecular flexibility index (Phi) is 3.13. The Bertz CT molecular complexity index is 567. The van der Waals surface area contributed by atoms with Crippen molar-refractivity contribution in [1.82, 2.24) is 9.97 Å². The third kappa shape index (κ3) is 2.76. The Hall–Kier alpha value is -2.57. The molecule has 0 aliphatic rings. The summed E-state index contributed by atoms with van der Waals surface area (Å²) in [6, 6.07) is 2.90. The van der Waals surface area contributed by atoms with Crippen LogP contribution in [-0.4, -0.2) is 21.0 Å². The number of carboxylic acids is 1. The first kappa shape index (κ1) is 11.9. The number of carboxylic acid groups (broad SMARTS) is 1. The van der Waals surface area contributed by atoms with Gasteiger partial charge in [0.15, 0.2) is 5.69 Å². The molecule has 2 rings (SSSR count). The first-order valence-electron chi connectivity index (χ1n) is 4.83. The predicted molar refractivity (Wildman–Crippen MR) is 58.6 cm³/mol. The Labute approximate surface area is 100 Å². The van der Waals surface area contributed by atoms with E-state index < -0.39 is 17.6 Å². The van der Waals surface area contributed by atoms with Crippen LogP contribution < -0.4 is 5.32 Å². The first-order chi connectivity index (χ1) is 8.54. The van der Waals surface area contributed by atoms with Gasteiger partial charge in [-0.05, 0) is 12.1 Å². The van der Waals surface area contributed by atoms with Crippen molar-refractivity contribution in [2.45, 2.75) is 0 Å². The van der Waals surface area contributed by atoms with Crippen LogP contribution in [0.2, 0.25) is 0 Å². The van der Waals surface area contributed by atoms with E-state index in [9.17, 15) is 13.6 Å². The minimum absolute atomic E-state index is 0.157. The van der Waals surface area contributed by atoms with Gasteiger partial charge in [0.2, 0.25) is 0 Å². The molecule has 2 N–H and O–H groups in total. The zero-order valence-corrected chi connectivity index (χ0v) is 8.89. The maximum absolute atomic E-state index is 12.9. The summed E-state index contributed by atoms with van der Waals surface area (Å²) in [4.78, 5) is 17.9. The Morgan fingerprint density at radius 1 is 1.11 bits per heavy atom. The Morgan fingerprint density at radius 2 is 1.78 bits per heavy atom. The summed E-state index contributed by atoms with van der Waals surface area (Å²) in [6.45, 7) is 0. The molecular weight excluding hydrogens is 244 g/mol. The Balaban J connectivity index is 2.20. The SMILES string of the molecule is O=C(O)c1cnc(Nc2cc(F)cc(F)c2)cn1. The highest BCUT2D eigenvalue weighted by Gasteiger charge is 2.06. The molecule has 92 valence electrons. The fourth-order valence-corrected chi connectivity index (χ4v) is 1.28. The number of hydrogen-bond donors (Lipinski definition) is 2. The summed E-state index contributed by atoms with van der Waals surface area (Å²) in [5.41, 5.74) is -0.0594. The molecule has 0 aliphatic heterocycles. The molecule has 5 nitrogen and oxygen atoms in total. The van der Waals surface area contributed by atoms with Crippen LogP contribution in [0, 0.1) is 11.6 Å². The van der Waals surface area contributed by atoms with Crippen LogP contribution in [0.1, 0.15) is 10.5 Å². The van der Waals surface area contributed by atoms with E-state index in [0.29, 0.717) is 0 Å². The van der Waals surface area contributed by atoms with Gasteiger partial charge in [-0.2, -0.15) is 0 Å². The van der Waals surface area contributed by atoms with E-state index in [1.807, 2.05) is 0 Å². The zero-order chi connectivity index (χ0) is 13.1. The fraction of sp³-hybridized carbons (Fsp3) is 0. The van der Waals surface area contributed by atoms with Crippen molar-refractivity contribution in [2.24, 2.45) is 0 Å². The summed E-state index contributed by atoms with van der Waals surface area (Å²) in [5.74, 6) is -2.48. The van der Waals surface area contributed by atoms with Crippen LogP contribution in [-0.2, 0) is 0 Å². The van der Waals surface area contributed by atoms with Gasteiger partial charge in [0.05, 0.1) is 12.4 Å². The van der Waals surface area contributed by atoms with E-state index >= 15 is 0 Å². The molecule has 0 bridgehead atoms. The molecule has 0 amide bonds. The molecule has 1 aromatic carbocycles. The van der Waals surface area contributed by atoms with Gasteiger partial charge < -0.3 is 10.4 Å². The topological polar surface area (TPSA) is 75.1 Å². The molecule has 0 atom stereocenters. The average molecular weight is 251 g/mol. The van der Waals surface area contributed by atoms with Crippen molar-refractivity contribution in [1.29, 1.82) is 0 Å². The minimum Gasteiger partial charge on any atom is -0.476 e. The molecule has 2 aromatic rings. The quantitative estimate of drug-likeness (QED) is 0.874. The van der Waals surface area contributed by atoms with Crippen molar-refractivity contribution < 1.29 is 18.7 Å². The molecule has 0 aliphatic carbocycles. The molecular formula is C11H7F2N3O2. The Morgan fingerprint density at radius 3 is 2.28 bits per heavy atom. The monoisotopic (exact) mass is 251 g/mol. The molecule has 0 fully saturated rings. The third-order valence-electron chi connectivity index (χ3n) is 2.01. The molecule has 1 heterocycles. The van der Waals surface area contributed by atoms with Gasteiger partial charge in [-0.25, -0.2) is 23.5 Å². The minimum atomic E-state index is -1.20. The van der Waals surface area contributed by atoms with Gasteiger partial charge in [-0.15, -0.1) is 0 Å². The van der Waals surface area contributed by atoms with Crippen molar-refractivity contribution in [3.8, 4) is 0 Å². The fourth-order valence-electron chi connectivity index (χ4n) is 1.28. The van der Waals surface area contributed by atoms with E-state index in [1.54, 1.807) is 0 Å². The number of carbonyl (C=O) groups is 1. The lowest BCUT2D eigenvalue weighted by Gasteiger charge is -2.05. The standard InChI is InChI=1S/C11H7F2N3O2/c12-6-1-7(13)3-8(2-6)16-10-5-14-9(4-15-10)11(17)18/h1-5H,(H,15,16)(H,17,18). The van der Waals surface area contributed by atoms with Gasteiger partial charge in [-0.3, -0.25) is 0 Å². The molecule has 18 heavy (non-hydrogen) atoms. The van der Waals surface area contributed by atoms with Gasteiger partial charge in [-0.1, -0.05) is 0 Å². The van der Waals surface area contributed by atoms with E-state index in [1.165, 1.54) is 0 Å². The number of rotatable bonds is 3. The number of nitrogens with zero attached hydrogens (tertiary/aromatic N) is 2. The van der Waals surface area contributed by atoms with Crippen LogP contribution in [0.15, 0.2) is 30.6 Å². The lowest BCUT2D eigenvalue weighted by molar-refractivity contribution is 0.0690. The number of anilines is 2.